The Kier molecular flexibility index (Phi) is 5.05. The van der Waals surface area contributed by atoms with Gasteiger partial charge in [0.1, 0.15) is 12.0 Å². The molecule has 1 unspecified atom stereocenters. The minimum absolute atomic E-state index is 0.0323. The predicted octanol–water partition coefficient (Wildman–Crippen LogP) is 4.74. The van der Waals surface area contributed by atoms with Gasteiger partial charge in [-0.05, 0) is 57.1 Å². The first-order valence-electron chi connectivity index (χ1n) is 10.6. The molecule has 2 aliphatic carbocycles. The maximum atomic E-state index is 13.3. The Labute approximate surface area is 180 Å². The SMILES string of the molecule is CC1=NC2=C(C(=O)CCC2)[C@H](c2cc3c(cc2Cl)OCO3)C1C(=O)OC1CCCC1. The lowest BCUT2D eigenvalue weighted by atomic mass is 9.71. The van der Waals surface area contributed by atoms with Crippen molar-refractivity contribution in [2.75, 3.05) is 6.79 Å². The summed E-state index contributed by atoms with van der Waals surface area (Å²) < 4.78 is 16.8. The third-order valence-corrected chi connectivity index (χ3v) is 6.83. The number of halogens is 1. The number of benzene rings is 1. The number of esters is 1. The summed E-state index contributed by atoms with van der Waals surface area (Å²) in [6.45, 7) is 1.97. The van der Waals surface area contributed by atoms with Crippen LogP contribution in [0.4, 0.5) is 0 Å². The molecule has 1 aromatic carbocycles. The first kappa shape index (κ1) is 19.6. The van der Waals surface area contributed by atoms with E-state index in [1.165, 1.54) is 0 Å². The van der Waals surface area contributed by atoms with Crippen molar-refractivity contribution in [2.45, 2.75) is 63.9 Å². The fourth-order valence-electron chi connectivity index (χ4n) is 5.06. The van der Waals surface area contributed by atoms with Gasteiger partial charge in [0.05, 0.1) is 0 Å². The van der Waals surface area contributed by atoms with Crippen LogP contribution in [0.1, 0.15) is 63.4 Å². The van der Waals surface area contributed by atoms with Gasteiger partial charge in [-0.2, -0.15) is 0 Å². The molecule has 0 radical (unpaired) electrons. The van der Waals surface area contributed by atoms with E-state index in [2.05, 4.69) is 4.99 Å². The number of ether oxygens (including phenoxy) is 3. The first-order valence-corrected chi connectivity index (χ1v) is 11.0. The second kappa shape index (κ2) is 7.73. The average molecular weight is 430 g/mol. The lowest BCUT2D eigenvalue weighted by Gasteiger charge is -2.35. The standard InChI is InChI=1S/C23H24ClNO5/c1-12-20(23(27)30-13-5-2-3-6-13)21(22-16(25-12)7-4-8-17(22)26)14-9-18-19(10-15(14)24)29-11-28-18/h9-10,13,20-21H,2-8,11H2,1H3/t20?,21-/m1/s1. The van der Waals surface area contributed by atoms with Crippen LogP contribution in [-0.4, -0.2) is 30.4 Å². The van der Waals surface area contributed by atoms with Crippen molar-refractivity contribution in [1.29, 1.82) is 0 Å². The van der Waals surface area contributed by atoms with E-state index in [0.29, 0.717) is 39.8 Å². The largest absolute Gasteiger partial charge is 0.462 e. The fourth-order valence-corrected chi connectivity index (χ4v) is 5.33. The number of fused-ring (bicyclic) bond motifs is 1. The lowest BCUT2D eigenvalue weighted by Crippen LogP contribution is -2.38. The molecule has 158 valence electrons. The average Bonchev–Trinajstić information content (AvgIpc) is 3.38. The highest BCUT2D eigenvalue weighted by Gasteiger charge is 2.45. The van der Waals surface area contributed by atoms with E-state index in [9.17, 15) is 9.59 Å². The molecular weight excluding hydrogens is 406 g/mol. The molecule has 0 N–H and O–H groups in total. The molecule has 2 aliphatic heterocycles. The number of hydrogen-bond acceptors (Lipinski definition) is 6. The predicted molar refractivity (Wildman–Crippen MR) is 111 cm³/mol. The van der Waals surface area contributed by atoms with Crippen LogP contribution in [0.25, 0.3) is 0 Å². The van der Waals surface area contributed by atoms with Crippen LogP contribution < -0.4 is 9.47 Å². The van der Waals surface area contributed by atoms with E-state index in [-0.39, 0.29) is 24.6 Å². The summed E-state index contributed by atoms with van der Waals surface area (Å²) in [5, 5.41) is 0.447. The second-order valence-corrected chi connectivity index (χ2v) is 8.82. The minimum Gasteiger partial charge on any atom is -0.462 e. The Hall–Kier alpha value is -2.34. The maximum Gasteiger partial charge on any atom is 0.315 e. The fraction of sp³-hybridized carbons (Fsp3) is 0.522. The Balaban J connectivity index is 1.60. The van der Waals surface area contributed by atoms with Crippen LogP contribution >= 0.6 is 11.6 Å². The summed E-state index contributed by atoms with van der Waals surface area (Å²) in [5.74, 6) is -0.357. The Morgan fingerprint density at radius 1 is 1.13 bits per heavy atom. The van der Waals surface area contributed by atoms with Gasteiger partial charge >= 0.3 is 5.97 Å². The number of rotatable bonds is 3. The quantitative estimate of drug-likeness (QED) is 0.649. The molecule has 0 saturated heterocycles. The number of carbonyl (C=O) groups excluding carboxylic acids is 2. The Morgan fingerprint density at radius 2 is 1.87 bits per heavy atom. The highest BCUT2D eigenvalue weighted by molar-refractivity contribution is 6.32. The molecule has 0 aromatic heterocycles. The van der Waals surface area contributed by atoms with Crippen molar-refractivity contribution in [3.8, 4) is 11.5 Å². The van der Waals surface area contributed by atoms with Crippen molar-refractivity contribution in [2.24, 2.45) is 10.9 Å². The molecule has 1 aromatic rings. The van der Waals surface area contributed by atoms with Gasteiger partial charge in [0.2, 0.25) is 6.79 Å². The van der Waals surface area contributed by atoms with E-state index in [1.807, 2.05) is 6.92 Å². The van der Waals surface area contributed by atoms with Gasteiger partial charge in [-0.25, -0.2) is 0 Å². The molecular formula is C23H24ClNO5. The topological polar surface area (TPSA) is 74.2 Å². The van der Waals surface area contributed by atoms with E-state index in [4.69, 9.17) is 25.8 Å². The van der Waals surface area contributed by atoms with Crippen LogP contribution in [0.15, 0.2) is 28.4 Å². The molecule has 1 saturated carbocycles. The van der Waals surface area contributed by atoms with Crippen molar-refractivity contribution in [1.82, 2.24) is 0 Å². The molecule has 1 fully saturated rings. The molecule has 0 amide bonds. The molecule has 6 nitrogen and oxygen atoms in total. The Morgan fingerprint density at radius 3 is 2.63 bits per heavy atom. The van der Waals surface area contributed by atoms with E-state index >= 15 is 0 Å². The smallest absolute Gasteiger partial charge is 0.315 e. The van der Waals surface area contributed by atoms with Gasteiger partial charge in [0.15, 0.2) is 17.3 Å². The summed E-state index contributed by atoms with van der Waals surface area (Å²) in [6, 6.07) is 3.50. The minimum atomic E-state index is -0.677. The number of allylic oxidation sites excluding steroid dienone is 2. The lowest BCUT2D eigenvalue weighted by molar-refractivity contribution is -0.151. The van der Waals surface area contributed by atoms with Crippen molar-refractivity contribution in [3.63, 3.8) is 0 Å². The maximum absolute atomic E-state index is 13.3. The molecule has 4 aliphatic rings. The van der Waals surface area contributed by atoms with Gasteiger partial charge in [-0.15, -0.1) is 0 Å². The normalized spacial score (nSPS) is 25.9. The zero-order valence-corrected chi connectivity index (χ0v) is 17.7. The van der Waals surface area contributed by atoms with E-state index < -0.39 is 11.8 Å². The monoisotopic (exact) mass is 429 g/mol. The van der Waals surface area contributed by atoms with Crippen LogP contribution in [0.3, 0.4) is 0 Å². The van der Waals surface area contributed by atoms with Gasteiger partial charge < -0.3 is 14.2 Å². The van der Waals surface area contributed by atoms with Gasteiger partial charge in [0.25, 0.3) is 0 Å². The van der Waals surface area contributed by atoms with Crippen molar-refractivity contribution >= 4 is 29.1 Å². The number of ketones is 1. The molecule has 30 heavy (non-hydrogen) atoms. The third-order valence-electron chi connectivity index (χ3n) is 6.50. The summed E-state index contributed by atoms with van der Waals surface area (Å²) in [7, 11) is 0. The summed E-state index contributed by atoms with van der Waals surface area (Å²) in [6.07, 6.45) is 5.80. The molecule has 2 atom stereocenters. The molecule has 0 bridgehead atoms. The van der Waals surface area contributed by atoms with Gasteiger partial charge in [-0.3, -0.25) is 14.6 Å². The first-order chi connectivity index (χ1) is 14.5. The number of Topliss-reactive ketones (excluding diaryl/α,β-unsaturated/α-hetero) is 1. The number of carbonyl (C=O) groups is 2. The van der Waals surface area contributed by atoms with Crippen molar-refractivity contribution < 1.29 is 23.8 Å². The highest BCUT2D eigenvalue weighted by atomic mass is 35.5. The number of hydrogen-bond donors (Lipinski definition) is 0. The van der Waals surface area contributed by atoms with Crippen LogP contribution in [0, 0.1) is 5.92 Å². The number of nitrogens with zero attached hydrogens (tertiary/aromatic N) is 1. The summed E-state index contributed by atoms with van der Waals surface area (Å²) in [5.41, 5.74) is 2.73. The molecule has 2 heterocycles. The van der Waals surface area contributed by atoms with Gasteiger partial charge in [-0.1, -0.05) is 11.6 Å². The highest BCUT2D eigenvalue weighted by Crippen LogP contribution is 2.48. The van der Waals surface area contributed by atoms with Gasteiger partial charge in [0, 0.05) is 40.4 Å². The van der Waals surface area contributed by atoms with Crippen LogP contribution in [0.5, 0.6) is 11.5 Å². The van der Waals surface area contributed by atoms with E-state index in [0.717, 1.165) is 44.2 Å². The van der Waals surface area contributed by atoms with Crippen LogP contribution in [-0.2, 0) is 14.3 Å². The van der Waals surface area contributed by atoms with Crippen LogP contribution in [0.2, 0.25) is 5.02 Å². The third kappa shape index (κ3) is 3.31. The van der Waals surface area contributed by atoms with Crippen molar-refractivity contribution in [3.05, 3.63) is 34.0 Å². The Bertz CT molecular complexity index is 976. The van der Waals surface area contributed by atoms with E-state index in [1.54, 1.807) is 12.1 Å². The molecule has 0 spiro atoms. The molecule has 7 heteroatoms. The molecule has 5 rings (SSSR count). The zero-order valence-electron chi connectivity index (χ0n) is 16.9. The number of aliphatic imine (C=N–C) groups is 1. The summed E-state index contributed by atoms with van der Waals surface area (Å²) >= 11 is 6.65. The second-order valence-electron chi connectivity index (χ2n) is 8.42. The summed E-state index contributed by atoms with van der Waals surface area (Å²) in [4.78, 5) is 31.0. The zero-order chi connectivity index (χ0) is 20.8.